The van der Waals surface area contributed by atoms with Crippen LogP contribution in [0.3, 0.4) is 0 Å². The van der Waals surface area contributed by atoms with Crippen LogP contribution in [0.15, 0.2) is 11.0 Å². The highest BCUT2D eigenvalue weighted by atomic mass is 35.5. The SMILES string of the molecule is C[C@H]1CN(c2cnn(CCN(C)C)c(=O)c2Cl)CCN1. The summed E-state index contributed by atoms with van der Waals surface area (Å²) in [4.78, 5) is 16.4. The highest BCUT2D eigenvalue weighted by molar-refractivity contribution is 6.33. The zero-order valence-electron chi connectivity index (χ0n) is 12.3. The van der Waals surface area contributed by atoms with Crippen LogP contribution < -0.4 is 15.8 Å². The Kier molecular flexibility index (Phi) is 5.01. The summed E-state index contributed by atoms with van der Waals surface area (Å²) in [5.41, 5.74) is 0.531. The van der Waals surface area contributed by atoms with E-state index in [1.165, 1.54) is 4.68 Å². The van der Waals surface area contributed by atoms with Crippen molar-refractivity contribution >= 4 is 17.3 Å². The molecule has 1 aromatic heterocycles. The minimum Gasteiger partial charge on any atom is -0.366 e. The number of piperazine rings is 1. The number of halogens is 1. The third-order valence-corrected chi connectivity index (χ3v) is 3.79. The molecule has 1 fully saturated rings. The molecule has 0 amide bonds. The molecule has 0 unspecified atom stereocenters. The standard InChI is InChI=1S/C13H22ClN5O/c1-10-9-18(5-4-15-10)11-8-16-19(7-6-17(2)3)13(20)12(11)14/h8,10,15H,4-7,9H2,1-3H3/t10-/m0/s1. The molecule has 2 heterocycles. The fourth-order valence-electron chi connectivity index (χ4n) is 2.28. The van der Waals surface area contributed by atoms with Crippen LogP contribution in [-0.4, -0.2) is 61.0 Å². The van der Waals surface area contributed by atoms with Crippen molar-refractivity contribution in [2.45, 2.75) is 19.5 Å². The third-order valence-electron chi connectivity index (χ3n) is 3.43. The van der Waals surface area contributed by atoms with E-state index in [1.54, 1.807) is 6.20 Å². The average molecular weight is 300 g/mol. The molecular weight excluding hydrogens is 278 g/mol. The van der Waals surface area contributed by atoms with E-state index in [1.807, 2.05) is 19.0 Å². The maximum Gasteiger partial charge on any atom is 0.287 e. The molecule has 6 nitrogen and oxygen atoms in total. The Labute approximate surface area is 124 Å². The lowest BCUT2D eigenvalue weighted by Crippen LogP contribution is -2.49. The largest absolute Gasteiger partial charge is 0.366 e. The Morgan fingerprint density at radius 2 is 2.30 bits per heavy atom. The van der Waals surface area contributed by atoms with Crippen LogP contribution in [0.4, 0.5) is 5.69 Å². The smallest absolute Gasteiger partial charge is 0.287 e. The molecule has 0 aromatic carbocycles. The molecule has 0 radical (unpaired) electrons. The van der Waals surface area contributed by atoms with Crippen LogP contribution in [0.2, 0.25) is 5.02 Å². The van der Waals surface area contributed by atoms with E-state index >= 15 is 0 Å². The Balaban J connectivity index is 2.20. The molecule has 0 aliphatic carbocycles. The lowest BCUT2D eigenvalue weighted by molar-refractivity contribution is 0.367. The summed E-state index contributed by atoms with van der Waals surface area (Å²) in [6, 6.07) is 0.385. The molecule has 1 aliphatic rings. The van der Waals surface area contributed by atoms with Crippen molar-refractivity contribution in [2.24, 2.45) is 0 Å². The number of aromatic nitrogens is 2. The summed E-state index contributed by atoms with van der Waals surface area (Å²) in [5, 5.41) is 7.88. The quantitative estimate of drug-likeness (QED) is 0.864. The Hall–Kier alpha value is -1.11. The van der Waals surface area contributed by atoms with Crippen LogP contribution >= 0.6 is 11.6 Å². The van der Waals surface area contributed by atoms with Gasteiger partial charge in [0, 0.05) is 32.2 Å². The molecule has 2 rings (SSSR count). The van der Waals surface area contributed by atoms with Gasteiger partial charge >= 0.3 is 0 Å². The summed E-state index contributed by atoms with van der Waals surface area (Å²) in [6.45, 7) is 5.99. The lowest BCUT2D eigenvalue weighted by Gasteiger charge is -2.33. The van der Waals surface area contributed by atoms with Gasteiger partial charge in [-0.2, -0.15) is 5.10 Å². The summed E-state index contributed by atoms with van der Waals surface area (Å²) in [7, 11) is 3.92. The number of likely N-dealkylation sites (N-methyl/N-ethyl adjacent to an activating group) is 1. The molecule has 1 N–H and O–H groups in total. The van der Waals surface area contributed by atoms with Crippen molar-refractivity contribution in [3.8, 4) is 0 Å². The van der Waals surface area contributed by atoms with Gasteiger partial charge in [0.05, 0.1) is 18.4 Å². The number of nitrogens with zero attached hydrogens (tertiary/aromatic N) is 4. The fourth-order valence-corrected chi connectivity index (χ4v) is 2.55. The minimum atomic E-state index is -0.211. The molecule has 1 aliphatic heterocycles. The van der Waals surface area contributed by atoms with Crippen LogP contribution in [0.5, 0.6) is 0 Å². The van der Waals surface area contributed by atoms with E-state index in [9.17, 15) is 4.79 Å². The maximum atomic E-state index is 12.2. The van der Waals surface area contributed by atoms with Crippen molar-refractivity contribution in [3.05, 3.63) is 21.6 Å². The van der Waals surface area contributed by atoms with Crippen LogP contribution in [-0.2, 0) is 6.54 Å². The highest BCUT2D eigenvalue weighted by Crippen LogP contribution is 2.21. The Morgan fingerprint density at radius 3 is 2.95 bits per heavy atom. The summed E-state index contributed by atoms with van der Waals surface area (Å²) >= 11 is 6.25. The van der Waals surface area contributed by atoms with E-state index in [0.29, 0.717) is 12.6 Å². The molecule has 0 saturated carbocycles. The molecule has 20 heavy (non-hydrogen) atoms. The highest BCUT2D eigenvalue weighted by Gasteiger charge is 2.20. The van der Waals surface area contributed by atoms with Crippen molar-refractivity contribution in [1.29, 1.82) is 0 Å². The predicted octanol–water partition coefficient (Wildman–Crippen LogP) is 0.256. The van der Waals surface area contributed by atoms with Gasteiger partial charge in [0.1, 0.15) is 5.02 Å². The van der Waals surface area contributed by atoms with Gasteiger partial charge in [0.25, 0.3) is 5.56 Å². The first-order chi connectivity index (χ1) is 9.49. The van der Waals surface area contributed by atoms with Gasteiger partial charge < -0.3 is 15.1 Å². The second kappa shape index (κ2) is 6.56. The summed E-state index contributed by atoms with van der Waals surface area (Å²) in [6.07, 6.45) is 1.71. The summed E-state index contributed by atoms with van der Waals surface area (Å²) < 4.78 is 1.43. The molecular formula is C13H22ClN5O. The first-order valence-electron chi connectivity index (χ1n) is 6.87. The second-order valence-electron chi connectivity index (χ2n) is 5.48. The van der Waals surface area contributed by atoms with Crippen molar-refractivity contribution < 1.29 is 0 Å². The second-order valence-corrected chi connectivity index (χ2v) is 5.85. The molecule has 112 valence electrons. The van der Waals surface area contributed by atoms with Crippen LogP contribution in [0, 0.1) is 0 Å². The minimum absolute atomic E-state index is 0.211. The van der Waals surface area contributed by atoms with Gasteiger partial charge in [-0.05, 0) is 21.0 Å². The predicted molar refractivity (Wildman–Crippen MR) is 81.7 cm³/mol. The first kappa shape index (κ1) is 15.3. The van der Waals surface area contributed by atoms with Gasteiger partial charge in [-0.3, -0.25) is 4.79 Å². The normalized spacial score (nSPS) is 19.6. The summed E-state index contributed by atoms with van der Waals surface area (Å²) in [5.74, 6) is 0. The van der Waals surface area contributed by atoms with Crippen molar-refractivity contribution in [3.63, 3.8) is 0 Å². The molecule has 1 saturated heterocycles. The average Bonchev–Trinajstić information content (AvgIpc) is 2.40. The number of nitrogens with one attached hydrogen (secondary N) is 1. The Morgan fingerprint density at radius 1 is 1.55 bits per heavy atom. The topological polar surface area (TPSA) is 53.4 Å². The maximum absolute atomic E-state index is 12.2. The number of hydrogen-bond acceptors (Lipinski definition) is 5. The number of hydrogen-bond donors (Lipinski definition) is 1. The Bertz CT molecular complexity index is 516. The molecule has 1 aromatic rings. The van der Waals surface area contributed by atoms with Crippen LogP contribution in [0.1, 0.15) is 6.92 Å². The molecule has 7 heteroatoms. The van der Waals surface area contributed by atoms with Gasteiger partial charge in [0.2, 0.25) is 0 Å². The first-order valence-corrected chi connectivity index (χ1v) is 7.25. The van der Waals surface area contributed by atoms with E-state index in [2.05, 4.69) is 22.2 Å². The van der Waals surface area contributed by atoms with Crippen molar-refractivity contribution in [1.82, 2.24) is 20.0 Å². The zero-order valence-corrected chi connectivity index (χ0v) is 13.0. The third kappa shape index (κ3) is 3.50. The van der Waals surface area contributed by atoms with Gasteiger partial charge in [0.15, 0.2) is 0 Å². The monoisotopic (exact) mass is 299 g/mol. The van der Waals surface area contributed by atoms with E-state index < -0.39 is 0 Å². The van der Waals surface area contributed by atoms with E-state index in [-0.39, 0.29) is 10.6 Å². The van der Waals surface area contributed by atoms with E-state index in [4.69, 9.17) is 11.6 Å². The number of anilines is 1. The fraction of sp³-hybridized carbons (Fsp3) is 0.692. The molecule has 1 atom stereocenters. The zero-order chi connectivity index (χ0) is 14.7. The molecule has 0 bridgehead atoms. The van der Waals surface area contributed by atoms with Crippen molar-refractivity contribution in [2.75, 3.05) is 45.2 Å². The van der Waals surface area contributed by atoms with Gasteiger partial charge in [-0.25, -0.2) is 4.68 Å². The van der Waals surface area contributed by atoms with Gasteiger partial charge in [-0.1, -0.05) is 11.6 Å². The van der Waals surface area contributed by atoms with Gasteiger partial charge in [-0.15, -0.1) is 0 Å². The number of rotatable bonds is 4. The molecule has 0 spiro atoms. The van der Waals surface area contributed by atoms with Crippen LogP contribution in [0.25, 0.3) is 0 Å². The lowest BCUT2D eigenvalue weighted by atomic mass is 10.2. The van der Waals surface area contributed by atoms with E-state index in [0.717, 1.165) is 31.9 Å².